The van der Waals surface area contributed by atoms with Gasteiger partial charge in [0.1, 0.15) is 10.7 Å². The predicted octanol–water partition coefficient (Wildman–Crippen LogP) is 3.04. The molecule has 6 nitrogen and oxygen atoms in total. The normalized spacial score (nSPS) is 18.4. The summed E-state index contributed by atoms with van der Waals surface area (Å²) in [7, 11) is 3.96. The first-order valence-corrected chi connectivity index (χ1v) is 9.79. The van der Waals surface area contributed by atoms with Gasteiger partial charge >= 0.3 is 6.18 Å². The van der Waals surface area contributed by atoms with Crippen LogP contribution in [0.15, 0.2) is 24.3 Å². The van der Waals surface area contributed by atoms with Gasteiger partial charge < -0.3 is 20.1 Å². The van der Waals surface area contributed by atoms with Crippen LogP contribution in [0.5, 0.6) is 0 Å². The number of imidazole rings is 1. The molecular formula is C18H21F3N6S. The van der Waals surface area contributed by atoms with E-state index in [4.69, 9.17) is 0 Å². The van der Waals surface area contributed by atoms with Crippen molar-refractivity contribution in [3.63, 3.8) is 0 Å². The van der Waals surface area contributed by atoms with Crippen molar-refractivity contribution < 1.29 is 13.2 Å². The first kappa shape index (κ1) is 19.2. The summed E-state index contributed by atoms with van der Waals surface area (Å²) in [5, 5.41) is 3.09. The minimum absolute atomic E-state index is 0.170. The molecule has 0 bridgehead atoms. The van der Waals surface area contributed by atoms with Gasteiger partial charge in [-0.15, -0.1) is 0 Å². The van der Waals surface area contributed by atoms with E-state index in [0.29, 0.717) is 47.3 Å². The number of likely N-dealkylation sites (N-methyl/N-ethyl adjacent to an activating group) is 1. The average molecular weight is 410 g/mol. The number of thiazole rings is 1. The van der Waals surface area contributed by atoms with Gasteiger partial charge in [0.15, 0.2) is 5.82 Å². The van der Waals surface area contributed by atoms with E-state index < -0.39 is 11.2 Å². The number of anilines is 1. The lowest BCUT2D eigenvalue weighted by atomic mass is 10.2. The molecule has 0 spiro atoms. The van der Waals surface area contributed by atoms with Crippen molar-refractivity contribution in [2.24, 2.45) is 0 Å². The minimum atomic E-state index is -4.49. The molecule has 1 aliphatic heterocycles. The molecule has 0 radical (unpaired) electrons. The molecular weight excluding hydrogens is 389 g/mol. The zero-order valence-corrected chi connectivity index (χ0v) is 16.4. The van der Waals surface area contributed by atoms with Crippen molar-refractivity contribution in [2.45, 2.75) is 12.2 Å². The Hall–Kier alpha value is -2.17. The summed E-state index contributed by atoms with van der Waals surface area (Å²) in [5.74, 6) is 0.366. The van der Waals surface area contributed by atoms with Crippen molar-refractivity contribution in [1.29, 1.82) is 0 Å². The van der Waals surface area contributed by atoms with Crippen LogP contribution in [0.1, 0.15) is 5.01 Å². The SMILES string of the molecule is CN(C)CC1CN(c2sc(C(F)(F)F)nc2-c2nc3ccccc3[nH]2)CCN1. The second-order valence-corrected chi connectivity index (χ2v) is 8.11. The molecule has 1 aliphatic rings. The number of alkyl halides is 3. The van der Waals surface area contributed by atoms with Crippen LogP contribution in [-0.4, -0.2) is 66.2 Å². The number of H-pyrrole nitrogens is 1. The number of aromatic nitrogens is 3. The van der Waals surface area contributed by atoms with E-state index in [0.717, 1.165) is 12.1 Å². The highest BCUT2D eigenvalue weighted by Crippen LogP contribution is 2.42. The van der Waals surface area contributed by atoms with Gasteiger partial charge in [-0.2, -0.15) is 13.2 Å². The maximum Gasteiger partial charge on any atom is 0.443 e. The summed E-state index contributed by atoms with van der Waals surface area (Å²) in [4.78, 5) is 15.6. The first-order chi connectivity index (χ1) is 13.3. The van der Waals surface area contributed by atoms with Gasteiger partial charge in [0.05, 0.1) is 11.0 Å². The Labute approximate surface area is 164 Å². The van der Waals surface area contributed by atoms with Crippen molar-refractivity contribution in [2.75, 3.05) is 45.2 Å². The lowest BCUT2D eigenvalue weighted by Gasteiger charge is -2.35. The summed E-state index contributed by atoms with van der Waals surface area (Å²) in [6.45, 7) is 2.75. The Bertz CT molecular complexity index is 931. The highest BCUT2D eigenvalue weighted by Gasteiger charge is 2.38. The van der Waals surface area contributed by atoms with Crippen LogP contribution >= 0.6 is 11.3 Å². The van der Waals surface area contributed by atoms with Gasteiger partial charge in [-0.05, 0) is 26.2 Å². The Morgan fingerprint density at radius 3 is 2.75 bits per heavy atom. The molecule has 2 aromatic heterocycles. The minimum Gasteiger partial charge on any atom is -0.359 e. The largest absolute Gasteiger partial charge is 0.443 e. The quantitative estimate of drug-likeness (QED) is 0.692. The van der Waals surface area contributed by atoms with Crippen LogP contribution < -0.4 is 10.2 Å². The van der Waals surface area contributed by atoms with E-state index in [1.54, 1.807) is 0 Å². The smallest absolute Gasteiger partial charge is 0.359 e. The third-order valence-electron chi connectivity index (χ3n) is 4.59. The van der Waals surface area contributed by atoms with Crippen LogP contribution in [0.4, 0.5) is 18.2 Å². The number of hydrogen-bond acceptors (Lipinski definition) is 6. The summed E-state index contributed by atoms with van der Waals surface area (Å²) in [5.41, 5.74) is 1.74. The maximum atomic E-state index is 13.4. The Balaban J connectivity index is 1.74. The number of rotatable bonds is 4. The van der Waals surface area contributed by atoms with Crippen molar-refractivity contribution >= 4 is 27.4 Å². The molecule has 4 rings (SSSR count). The monoisotopic (exact) mass is 410 g/mol. The number of piperazine rings is 1. The van der Waals surface area contributed by atoms with Crippen LogP contribution in [0.3, 0.4) is 0 Å². The number of halogens is 3. The van der Waals surface area contributed by atoms with E-state index in [-0.39, 0.29) is 11.7 Å². The van der Waals surface area contributed by atoms with Gasteiger partial charge in [0.25, 0.3) is 0 Å². The summed E-state index contributed by atoms with van der Waals surface area (Å²) < 4.78 is 40.2. The standard InChI is InChI=1S/C18H21F3N6S/c1-26(2)9-11-10-27(8-7-22-11)16-14(25-17(28-16)18(19,20)21)15-23-12-5-3-4-6-13(12)24-15/h3-6,11,22H,7-10H2,1-2H3,(H,23,24). The number of nitrogens with zero attached hydrogens (tertiary/aromatic N) is 4. The molecule has 1 unspecified atom stereocenters. The number of para-hydroxylation sites is 2. The molecule has 0 saturated carbocycles. The van der Waals surface area contributed by atoms with Gasteiger partial charge in [-0.25, -0.2) is 9.97 Å². The molecule has 1 atom stereocenters. The summed E-state index contributed by atoms with van der Waals surface area (Å²) in [6, 6.07) is 7.54. The number of aromatic amines is 1. The van der Waals surface area contributed by atoms with Crippen molar-refractivity contribution in [3.05, 3.63) is 29.3 Å². The molecule has 0 aliphatic carbocycles. The van der Waals surface area contributed by atoms with Gasteiger partial charge in [0, 0.05) is 32.2 Å². The van der Waals surface area contributed by atoms with Gasteiger partial charge in [-0.1, -0.05) is 23.5 Å². The summed E-state index contributed by atoms with van der Waals surface area (Å²) in [6.07, 6.45) is -4.49. The Morgan fingerprint density at radius 1 is 1.25 bits per heavy atom. The third kappa shape index (κ3) is 3.85. The average Bonchev–Trinajstić information content (AvgIpc) is 3.25. The highest BCUT2D eigenvalue weighted by molar-refractivity contribution is 7.16. The fourth-order valence-corrected chi connectivity index (χ4v) is 4.41. The number of benzene rings is 1. The van der Waals surface area contributed by atoms with Crippen LogP contribution in [0.2, 0.25) is 0 Å². The Morgan fingerprint density at radius 2 is 2.04 bits per heavy atom. The lowest BCUT2D eigenvalue weighted by Crippen LogP contribution is -2.54. The molecule has 2 N–H and O–H groups in total. The molecule has 150 valence electrons. The molecule has 1 fully saturated rings. The maximum absolute atomic E-state index is 13.4. The zero-order valence-electron chi connectivity index (χ0n) is 15.5. The number of fused-ring (bicyclic) bond motifs is 1. The molecule has 0 amide bonds. The molecule has 1 aromatic carbocycles. The molecule has 3 aromatic rings. The van der Waals surface area contributed by atoms with Crippen LogP contribution in [-0.2, 0) is 6.18 Å². The van der Waals surface area contributed by atoms with E-state index in [9.17, 15) is 13.2 Å². The van der Waals surface area contributed by atoms with E-state index in [1.165, 1.54) is 0 Å². The molecule has 3 heterocycles. The lowest BCUT2D eigenvalue weighted by molar-refractivity contribution is -0.137. The van der Waals surface area contributed by atoms with Crippen LogP contribution in [0, 0.1) is 0 Å². The van der Waals surface area contributed by atoms with Crippen molar-refractivity contribution in [1.82, 2.24) is 25.2 Å². The molecule has 28 heavy (non-hydrogen) atoms. The zero-order chi connectivity index (χ0) is 19.9. The second-order valence-electron chi connectivity index (χ2n) is 7.13. The fraction of sp³-hybridized carbons (Fsp3) is 0.444. The predicted molar refractivity (Wildman–Crippen MR) is 105 cm³/mol. The molecule has 1 saturated heterocycles. The van der Waals surface area contributed by atoms with Crippen molar-refractivity contribution in [3.8, 4) is 11.5 Å². The first-order valence-electron chi connectivity index (χ1n) is 8.97. The third-order valence-corrected chi connectivity index (χ3v) is 5.75. The second kappa shape index (κ2) is 7.34. The Kier molecular flexibility index (Phi) is 5.02. The van der Waals surface area contributed by atoms with Gasteiger partial charge in [-0.3, -0.25) is 0 Å². The van der Waals surface area contributed by atoms with E-state index in [2.05, 4.69) is 25.2 Å². The van der Waals surface area contributed by atoms with Crippen LogP contribution in [0.25, 0.3) is 22.6 Å². The van der Waals surface area contributed by atoms with Gasteiger partial charge in [0.2, 0.25) is 5.01 Å². The number of nitrogens with one attached hydrogen (secondary N) is 2. The topological polar surface area (TPSA) is 60.1 Å². The van der Waals surface area contributed by atoms with E-state index in [1.807, 2.05) is 43.3 Å². The molecule has 10 heteroatoms. The number of hydrogen-bond donors (Lipinski definition) is 2. The fourth-order valence-electron chi connectivity index (χ4n) is 3.44. The summed E-state index contributed by atoms with van der Waals surface area (Å²) >= 11 is 0.687. The highest BCUT2D eigenvalue weighted by atomic mass is 32.1. The van der Waals surface area contributed by atoms with E-state index >= 15 is 0 Å².